The summed E-state index contributed by atoms with van der Waals surface area (Å²) >= 11 is 5.65. The normalized spacial score (nSPS) is 19.7. The van der Waals surface area contributed by atoms with E-state index in [0.717, 1.165) is 0 Å². The molecule has 1 fully saturated rings. The predicted molar refractivity (Wildman–Crippen MR) is 62.9 cm³/mol. The van der Waals surface area contributed by atoms with Crippen LogP contribution in [0.4, 0.5) is 15.8 Å². The Hall–Kier alpha value is -1.40. The molecule has 17 heavy (non-hydrogen) atoms. The summed E-state index contributed by atoms with van der Waals surface area (Å²) < 4.78 is 13.9. The number of nitro groups is 1. The van der Waals surface area contributed by atoms with Crippen LogP contribution in [0.3, 0.4) is 0 Å². The van der Waals surface area contributed by atoms with Gasteiger partial charge in [0.2, 0.25) is 0 Å². The lowest BCUT2D eigenvalue weighted by molar-refractivity contribution is -0.384. The average molecular weight is 260 g/mol. The number of hydrogen-bond donors (Lipinski definition) is 1. The molecule has 92 valence electrons. The SMILES string of the molecule is NC1CCN(c2c([N+](=O)[O-])ccc(Cl)c2F)C1. The van der Waals surface area contributed by atoms with E-state index in [1.165, 1.54) is 12.1 Å². The number of halogens is 2. The number of nitrogens with zero attached hydrogens (tertiary/aromatic N) is 2. The maximum atomic E-state index is 13.9. The molecule has 0 aromatic heterocycles. The molecule has 2 N–H and O–H groups in total. The van der Waals surface area contributed by atoms with Crippen molar-refractivity contribution in [2.75, 3.05) is 18.0 Å². The van der Waals surface area contributed by atoms with Crippen LogP contribution in [0.15, 0.2) is 12.1 Å². The third-order valence-corrected chi connectivity index (χ3v) is 3.08. The minimum atomic E-state index is -0.755. The molecule has 2 rings (SSSR count). The van der Waals surface area contributed by atoms with E-state index in [9.17, 15) is 14.5 Å². The lowest BCUT2D eigenvalue weighted by Gasteiger charge is -2.18. The maximum absolute atomic E-state index is 13.9. The summed E-state index contributed by atoms with van der Waals surface area (Å²) in [5.41, 5.74) is 5.37. The van der Waals surface area contributed by atoms with E-state index >= 15 is 0 Å². The Labute approximate surface area is 102 Å². The Balaban J connectivity index is 2.49. The van der Waals surface area contributed by atoms with Gasteiger partial charge >= 0.3 is 0 Å². The van der Waals surface area contributed by atoms with Crippen molar-refractivity contribution in [1.82, 2.24) is 0 Å². The van der Waals surface area contributed by atoms with Crippen LogP contribution >= 0.6 is 11.6 Å². The highest BCUT2D eigenvalue weighted by Crippen LogP contribution is 2.36. The summed E-state index contributed by atoms with van der Waals surface area (Å²) in [4.78, 5) is 11.8. The standard InChI is InChI=1S/C10H11ClFN3O2/c11-7-1-2-8(15(16)17)10(9(7)12)14-4-3-6(13)5-14/h1-2,6H,3-5,13H2. The van der Waals surface area contributed by atoms with E-state index in [-0.39, 0.29) is 22.4 Å². The summed E-state index contributed by atoms with van der Waals surface area (Å²) in [5.74, 6) is -0.755. The summed E-state index contributed by atoms with van der Waals surface area (Å²) in [6.45, 7) is 0.900. The topological polar surface area (TPSA) is 72.4 Å². The minimum Gasteiger partial charge on any atom is -0.362 e. The van der Waals surface area contributed by atoms with E-state index in [2.05, 4.69) is 0 Å². The first-order chi connectivity index (χ1) is 8.00. The number of nitrogens with two attached hydrogens (primary N) is 1. The Bertz CT molecular complexity index is 469. The number of nitro benzene ring substituents is 1. The molecule has 0 aliphatic carbocycles. The molecule has 1 aromatic carbocycles. The highest BCUT2D eigenvalue weighted by molar-refractivity contribution is 6.31. The van der Waals surface area contributed by atoms with Gasteiger partial charge in [0.05, 0.1) is 9.95 Å². The third-order valence-electron chi connectivity index (χ3n) is 2.79. The van der Waals surface area contributed by atoms with Crippen molar-refractivity contribution < 1.29 is 9.31 Å². The van der Waals surface area contributed by atoms with Crippen molar-refractivity contribution in [2.24, 2.45) is 5.73 Å². The van der Waals surface area contributed by atoms with Crippen LogP contribution in [0.1, 0.15) is 6.42 Å². The quantitative estimate of drug-likeness (QED) is 0.651. The minimum absolute atomic E-state index is 0.0598. The van der Waals surface area contributed by atoms with Gasteiger partial charge in [-0.05, 0) is 12.5 Å². The molecule has 1 aliphatic rings. The van der Waals surface area contributed by atoms with E-state index in [0.29, 0.717) is 19.5 Å². The molecule has 0 bridgehead atoms. The van der Waals surface area contributed by atoms with Gasteiger partial charge in [0, 0.05) is 25.2 Å². The van der Waals surface area contributed by atoms with Crippen LogP contribution in [0, 0.1) is 15.9 Å². The maximum Gasteiger partial charge on any atom is 0.295 e. The van der Waals surface area contributed by atoms with Gasteiger partial charge in [-0.1, -0.05) is 11.6 Å². The molecule has 1 unspecified atom stereocenters. The van der Waals surface area contributed by atoms with Gasteiger partial charge < -0.3 is 10.6 Å². The third kappa shape index (κ3) is 2.18. The second-order valence-electron chi connectivity index (χ2n) is 3.98. The van der Waals surface area contributed by atoms with Gasteiger partial charge in [0.1, 0.15) is 0 Å². The number of benzene rings is 1. The number of anilines is 1. The van der Waals surface area contributed by atoms with Crippen LogP contribution in [0.5, 0.6) is 0 Å². The number of rotatable bonds is 2. The number of hydrogen-bond acceptors (Lipinski definition) is 4. The largest absolute Gasteiger partial charge is 0.362 e. The Morgan fingerprint density at radius 1 is 1.59 bits per heavy atom. The second-order valence-corrected chi connectivity index (χ2v) is 4.39. The van der Waals surface area contributed by atoms with E-state index in [4.69, 9.17) is 17.3 Å². The van der Waals surface area contributed by atoms with Gasteiger partial charge in [-0.25, -0.2) is 4.39 Å². The molecule has 1 atom stereocenters. The molecule has 1 aliphatic heterocycles. The van der Waals surface area contributed by atoms with Crippen molar-refractivity contribution in [3.63, 3.8) is 0 Å². The molecule has 0 spiro atoms. The van der Waals surface area contributed by atoms with E-state index < -0.39 is 10.7 Å². The predicted octanol–water partition coefficient (Wildman–Crippen LogP) is 1.92. The summed E-state index contributed by atoms with van der Waals surface area (Å²) in [5, 5.41) is 10.7. The first-order valence-electron chi connectivity index (χ1n) is 5.13. The fraction of sp³-hybridized carbons (Fsp3) is 0.400. The molecule has 7 heteroatoms. The van der Waals surface area contributed by atoms with E-state index in [1.807, 2.05) is 0 Å². The molecule has 0 amide bonds. The second kappa shape index (κ2) is 4.46. The Morgan fingerprint density at radius 2 is 2.29 bits per heavy atom. The van der Waals surface area contributed by atoms with Gasteiger partial charge in [0.25, 0.3) is 5.69 Å². The molecule has 1 aromatic rings. The zero-order chi connectivity index (χ0) is 12.6. The highest BCUT2D eigenvalue weighted by atomic mass is 35.5. The highest BCUT2D eigenvalue weighted by Gasteiger charge is 2.30. The van der Waals surface area contributed by atoms with Crippen molar-refractivity contribution >= 4 is 23.0 Å². The van der Waals surface area contributed by atoms with Gasteiger partial charge in [-0.3, -0.25) is 10.1 Å². The summed E-state index contributed by atoms with van der Waals surface area (Å²) in [7, 11) is 0. The monoisotopic (exact) mass is 259 g/mol. The molecule has 5 nitrogen and oxygen atoms in total. The first kappa shape index (κ1) is 12.1. The lowest BCUT2D eigenvalue weighted by Crippen LogP contribution is -2.27. The van der Waals surface area contributed by atoms with E-state index in [1.54, 1.807) is 4.90 Å². The fourth-order valence-electron chi connectivity index (χ4n) is 1.97. The van der Waals surface area contributed by atoms with Crippen LogP contribution in [-0.2, 0) is 0 Å². The molecule has 0 radical (unpaired) electrons. The van der Waals surface area contributed by atoms with Crippen LogP contribution in [0.25, 0.3) is 0 Å². The smallest absolute Gasteiger partial charge is 0.295 e. The van der Waals surface area contributed by atoms with Crippen LogP contribution in [0.2, 0.25) is 5.02 Å². The zero-order valence-electron chi connectivity index (χ0n) is 8.90. The summed E-state index contributed by atoms with van der Waals surface area (Å²) in [6.07, 6.45) is 0.684. The molecule has 1 saturated heterocycles. The first-order valence-corrected chi connectivity index (χ1v) is 5.51. The van der Waals surface area contributed by atoms with Crippen molar-refractivity contribution in [1.29, 1.82) is 0 Å². The van der Waals surface area contributed by atoms with Gasteiger partial charge in [-0.15, -0.1) is 0 Å². The zero-order valence-corrected chi connectivity index (χ0v) is 9.65. The van der Waals surface area contributed by atoms with Crippen molar-refractivity contribution in [2.45, 2.75) is 12.5 Å². The van der Waals surface area contributed by atoms with Crippen molar-refractivity contribution in [3.05, 3.63) is 33.1 Å². The Kier molecular flexibility index (Phi) is 3.17. The van der Waals surface area contributed by atoms with Crippen LogP contribution < -0.4 is 10.6 Å². The molecular formula is C10H11ClFN3O2. The summed E-state index contributed by atoms with van der Waals surface area (Å²) in [6, 6.07) is 2.31. The van der Waals surface area contributed by atoms with Crippen LogP contribution in [-0.4, -0.2) is 24.1 Å². The van der Waals surface area contributed by atoms with Gasteiger partial charge in [-0.2, -0.15) is 0 Å². The molecule has 1 heterocycles. The van der Waals surface area contributed by atoms with Gasteiger partial charge in [0.15, 0.2) is 11.5 Å². The van der Waals surface area contributed by atoms with Crippen molar-refractivity contribution in [3.8, 4) is 0 Å². The fourth-order valence-corrected chi connectivity index (χ4v) is 2.12. The lowest BCUT2D eigenvalue weighted by atomic mass is 10.2. The molecular weight excluding hydrogens is 249 g/mol. The Morgan fingerprint density at radius 3 is 2.82 bits per heavy atom. The molecule has 0 saturated carbocycles. The average Bonchev–Trinajstić information content (AvgIpc) is 2.68.